The standard InChI is InChI=1S/C22H31N5O2/c1-5-17(2)24-21(28)19-8-10-20(11-9-19)25-22(29)27(14-13-26(3)4)16-18-7-6-12-23-15-18/h6-12,15,17H,5,13-14,16H2,1-4H3,(H,24,28)(H,25,29). The molecule has 3 amide bonds. The number of urea groups is 1. The van der Waals surface area contributed by atoms with Crippen molar-refractivity contribution in [3.05, 3.63) is 59.9 Å². The summed E-state index contributed by atoms with van der Waals surface area (Å²) in [4.78, 5) is 32.9. The maximum atomic E-state index is 12.8. The van der Waals surface area contributed by atoms with Gasteiger partial charge in [-0.25, -0.2) is 4.79 Å². The Labute approximate surface area is 173 Å². The number of hydrogen-bond donors (Lipinski definition) is 2. The SMILES string of the molecule is CCC(C)NC(=O)c1ccc(NC(=O)N(CCN(C)C)Cc2cccnc2)cc1. The van der Waals surface area contributed by atoms with Gasteiger partial charge in [-0.2, -0.15) is 0 Å². The summed E-state index contributed by atoms with van der Waals surface area (Å²) in [5.41, 5.74) is 2.19. The third kappa shape index (κ3) is 7.54. The molecule has 2 rings (SSSR count). The molecule has 2 aromatic rings. The number of likely N-dealkylation sites (N-methyl/N-ethyl adjacent to an activating group) is 1. The molecule has 7 nitrogen and oxygen atoms in total. The topological polar surface area (TPSA) is 77.6 Å². The molecule has 0 radical (unpaired) electrons. The Morgan fingerprint density at radius 2 is 1.83 bits per heavy atom. The molecule has 0 aliphatic heterocycles. The largest absolute Gasteiger partial charge is 0.350 e. The highest BCUT2D eigenvalue weighted by atomic mass is 16.2. The number of hydrogen-bond acceptors (Lipinski definition) is 4. The lowest BCUT2D eigenvalue weighted by molar-refractivity contribution is 0.0939. The van der Waals surface area contributed by atoms with Crippen LogP contribution in [0.15, 0.2) is 48.8 Å². The number of carbonyl (C=O) groups excluding carboxylic acids is 2. The van der Waals surface area contributed by atoms with Crippen molar-refractivity contribution in [3.8, 4) is 0 Å². The quantitative estimate of drug-likeness (QED) is 0.681. The lowest BCUT2D eigenvalue weighted by atomic mass is 10.1. The number of anilines is 1. The van der Waals surface area contributed by atoms with Crippen molar-refractivity contribution in [2.24, 2.45) is 0 Å². The van der Waals surface area contributed by atoms with Crippen molar-refractivity contribution in [2.75, 3.05) is 32.5 Å². The molecular formula is C22H31N5O2. The zero-order valence-electron chi connectivity index (χ0n) is 17.7. The van der Waals surface area contributed by atoms with Gasteiger partial charge < -0.3 is 20.4 Å². The summed E-state index contributed by atoms with van der Waals surface area (Å²) in [6.45, 7) is 5.81. The number of nitrogens with zero attached hydrogens (tertiary/aromatic N) is 3. The fourth-order valence-corrected chi connectivity index (χ4v) is 2.60. The van der Waals surface area contributed by atoms with E-state index in [9.17, 15) is 9.59 Å². The highest BCUT2D eigenvalue weighted by molar-refractivity contribution is 5.95. The van der Waals surface area contributed by atoms with E-state index in [-0.39, 0.29) is 18.0 Å². The molecule has 1 unspecified atom stereocenters. The second kappa shape index (κ2) is 11.2. The van der Waals surface area contributed by atoms with Gasteiger partial charge in [0, 0.05) is 49.3 Å². The molecule has 7 heteroatoms. The highest BCUT2D eigenvalue weighted by Gasteiger charge is 2.15. The predicted molar refractivity (Wildman–Crippen MR) is 116 cm³/mol. The first-order chi connectivity index (χ1) is 13.9. The molecule has 0 aliphatic carbocycles. The number of pyridine rings is 1. The zero-order valence-corrected chi connectivity index (χ0v) is 17.7. The van der Waals surface area contributed by atoms with Gasteiger partial charge in [0.15, 0.2) is 0 Å². The van der Waals surface area contributed by atoms with E-state index in [2.05, 4.69) is 15.6 Å². The Morgan fingerprint density at radius 3 is 2.41 bits per heavy atom. The van der Waals surface area contributed by atoms with Crippen molar-refractivity contribution in [1.29, 1.82) is 0 Å². The molecule has 1 atom stereocenters. The second-order valence-electron chi connectivity index (χ2n) is 7.38. The van der Waals surface area contributed by atoms with E-state index in [1.807, 2.05) is 45.0 Å². The summed E-state index contributed by atoms with van der Waals surface area (Å²) >= 11 is 0. The van der Waals surface area contributed by atoms with Crippen LogP contribution in [0.5, 0.6) is 0 Å². The van der Waals surface area contributed by atoms with Crippen molar-refractivity contribution in [3.63, 3.8) is 0 Å². The third-order valence-electron chi connectivity index (χ3n) is 4.59. The molecule has 1 heterocycles. The summed E-state index contributed by atoms with van der Waals surface area (Å²) in [6, 6.07) is 10.7. The number of carbonyl (C=O) groups is 2. The van der Waals surface area contributed by atoms with Gasteiger partial charge in [0.05, 0.1) is 0 Å². The molecule has 156 valence electrons. The van der Waals surface area contributed by atoms with Crippen LogP contribution in [0, 0.1) is 0 Å². The Morgan fingerprint density at radius 1 is 1.10 bits per heavy atom. The van der Waals surface area contributed by atoms with Crippen LogP contribution in [0.3, 0.4) is 0 Å². The average Bonchev–Trinajstić information content (AvgIpc) is 2.72. The second-order valence-corrected chi connectivity index (χ2v) is 7.38. The van der Waals surface area contributed by atoms with E-state index in [4.69, 9.17) is 0 Å². The van der Waals surface area contributed by atoms with Crippen molar-refractivity contribution < 1.29 is 9.59 Å². The maximum absolute atomic E-state index is 12.8. The van der Waals surface area contributed by atoms with E-state index >= 15 is 0 Å². The summed E-state index contributed by atoms with van der Waals surface area (Å²) in [5, 5.41) is 5.85. The summed E-state index contributed by atoms with van der Waals surface area (Å²) in [6.07, 6.45) is 4.35. The van der Waals surface area contributed by atoms with Gasteiger partial charge in [0.1, 0.15) is 0 Å². The Hall–Kier alpha value is -2.93. The number of aromatic nitrogens is 1. The highest BCUT2D eigenvalue weighted by Crippen LogP contribution is 2.12. The minimum Gasteiger partial charge on any atom is -0.350 e. The number of amides is 3. The monoisotopic (exact) mass is 397 g/mol. The van der Waals surface area contributed by atoms with Gasteiger partial charge in [0.2, 0.25) is 0 Å². The first-order valence-corrected chi connectivity index (χ1v) is 9.89. The van der Waals surface area contributed by atoms with Gasteiger partial charge in [0.25, 0.3) is 5.91 Å². The Balaban J connectivity index is 2.02. The molecule has 2 N–H and O–H groups in total. The molecule has 1 aromatic heterocycles. The zero-order chi connectivity index (χ0) is 21.2. The van der Waals surface area contributed by atoms with E-state index in [1.54, 1.807) is 41.6 Å². The maximum Gasteiger partial charge on any atom is 0.322 e. The van der Waals surface area contributed by atoms with Crippen LogP contribution >= 0.6 is 0 Å². The molecular weight excluding hydrogens is 366 g/mol. The average molecular weight is 398 g/mol. The van der Waals surface area contributed by atoms with Crippen LogP contribution < -0.4 is 10.6 Å². The number of benzene rings is 1. The molecule has 0 spiro atoms. The number of rotatable bonds is 9. The molecule has 0 fully saturated rings. The van der Waals surface area contributed by atoms with Gasteiger partial charge in [-0.05, 0) is 63.3 Å². The van der Waals surface area contributed by atoms with E-state index < -0.39 is 0 Å². The fraction of sp³-hybridized carbons (Fsp3) is 0.409. The lowest BCUT2D eigenvalue weighted by Gasteiger charge is -2.25. The normalized spacial score (nSPS) is 11.8. The van der Waals surface area contributed by atoms with E-state index in [0.29, 0.717) is 24.3 Å². The van der Waals surface area contributed by atoms with Crippen LogP contribution in [-0.2, 0) is 6.54 Å². The third-order valence-corrected chi connectivity index (χ3v) is 4.59. The predicted octanol–water partition coefficient (Wildman–Crippen LogP) is 3.21. The molecule has 1 aromatic carbocycles. The van der Waals surface area contributed by atoms with Crippen molar-refractivity contribution >= 4 is 17.6 Å². The molecule has 0 bridgehead atoms. The molecule has 0 saturated carbocycles. The first kappa shape index (κ1) is 22.4. The van der Waals surface area contributed by atoms with E-state index in [1.165, 1.54) is 0 Å². The summed E-state index contributed by atoms with van der Waals surface area (Å²) in [5.74, 6) is -0.110. The minimum absolute atomic E-state index is 0.110. The van der Waals surface area contributed by atoms with Crippen molar-refractivity contribution in [1.82, 2.24) is 20.1 Å². The van der Waals surface area contributed by atoms with Gasteiger partial charge in [-0.15, -0.1) is 0 Å². The molecule has 0 aliphatic rings. The Bertz CT molecular complexity index is 778. The summed E-state index contributed by atoms with van der Waals surface area (Å²) < 4.78 is 0. The molecule has 29 heavy (non-hydrogen) atoms. The first-order valence-electron chi connectivity index (χ1n) is 9.89. The van der Waals surface area contributed by atoms with Gasteiger partial charge in [-0.3, -0.25) is 9.78 Å². The minimum atomic E-state index is -0.187. The van der Waals surface area contributed by atoms with Crippen LogP contribution in [0.4, 0.5) is 10.5 Å². The van der Waals surface area contributed by atoms with Crippen molar-refractivity contribution in [2.45, 2.75) is 32.9 Å². The van der Waals surface area contributed by atoms with Gasteiger partial charge >= 0.3 is 6.03 Å². The van der Waals surface area contributed by atoms with Crippen LogP contribution in [0.2, 0.25) is 0 Å². The van der Waals surface area contributed by atoms with E-state index in [0.717, 1.165) is 18.5 Å². The van der Waals surface area contributed by atoms with Crippen LogP contribution in [0.25, 0.3) is 0 Å². The van der Waals surface area contributed by atoms with Crippen LogP contribution in [0.1, 0.15) is 36.2 Å². The van der Waals surface area contributed by atoms with Crippen LogP contribution in [-0.4, -0.2) is 59.9 Å². The fourth-order valence-electron chi connectivity index (χ4n) is 2.60. The smallest absolute Gasteiger partial charge is 0.322 e. The number of nitrogens with one attached hydrogen (secondary N) is 2. The van der Waals surface area contributed by atoms with Gasteiger partial charge in [-0.1, -0.05) is 13.0 Å². The summed E-state index contributed by atoms with van der Waals surface area (Å²) in [7, 11) is 3.95. The lowest BCUT2D eigenvalue weighted by Crippen LogP contribution is -2.39. The molecule has 0 saturated heterocycles. The Kier molecular flexibility index (Phi) is 8.61.